The first-order valence-corrected chi connectivity index (χ1v) is 7.00. The van der Waals surface area contributed by atoms with Crippen molar-refractivity contribution in [3.8, 4) is 11.3 Å². The lowest BCUT2D eigenvalue weighted by atomic mass is 10.1. The summed E-state index contributed by atoms with van der Waals surface area (Å²) < 4.78 is 2.42. The fourth-order valence-corrected chi connectivity index (χ4v) is 2.69. The van der Waals surface area contributed by atoms with E-state index in [0.717, 1.165) is 18.0 Å². The molecule has 0 fully saturated rings. The van der Waals surface area contributed by atoms with Crippen molar-refractivity contribution in [3.05, 3.63) is 46.6 Å². The quantitative estimate of drug-likeness (QED) is 0.723. The second-order valence-corrected chi connectivity index (χ2v) is 5.10. The highest BCUT2D eigenvalue weighted by Gasteiger charge is 2.12. The molecule has 2 rings (SSSR count). The Labute approximate surface area is 114 Å². The van der Waals surface area contributed by atoms with E-state index in [0.29, 0.717) is 0 Å². The van der Waals surface area contributed by atoms with E-state index in [-0.39, 0.29) is 0 Å². The van der Waals surface area contributed by atoms with E-state index in [4.69, 9.17) is 11.6 Å². The molecule has 18 heavy (non-hydrogen) atoms. The Morgan fingerprint density at radius 3 is 2.33 bits per heavy atom. The van der Waals surface area contributed by atoms with Crippen molar-refractivity contribution >= 4 is 11.6 Å². The van der Waals surface area contributed by atoms with Crippen LogP contribution >= 0.6 is 11.6 Å². The van der Waals surface area contributed by atoms with E-state index in [1.165, 1.54) is 28.9 Å². The van der Waals surface area contributed by atoms with Gasteiger partial charge in [-0.25, -0.2) is 0 Å². The van der Waals surface area contributed by atoms with Crippen molar-refractivity contribution < 1.29 is 0 Å². The predicted molar refractivity (Wildman–Crippen MR) is 79.3 cm³/mol. The monoisotopic (exact) mass is 261 g/mol. The zero-order chi connectivity index (χ0) is 13.1. The number of aromatic nitrogens is 1. The number of hydrogen-bond acceptors (Lipinski definition) is 0. The van der Waals surface area contributed by atoms with E-state index < -0.39 is 0 Å². The molecule has 0 saturated carbocycles. The molecule has 0 amide bonds. The van der Waals surface area contributed by atoms with Gasteiger partial charge in [-0.3, -0.25) is 0 Å². The van der Waals surface area contributed by atoms with Gasteiger partial charge in [-0.05, 0) is 49.6 Å². The minimum absolute atomic E-state index is 0.791. The molecule has 0 N–H and O–H groups in total. The van der Waals surface area contributed by atoms with Gasteiger partial charge in [0.2, 0.25) is 0 Å². The molecule has 0 radical (unpaired) electrons. The zero-order valence-corrected chi connectivity index (χ0v) is 12.1. The van der Waals surface area contributed by atoms with Crippen LogP contribution in [-0.4, -0.2) is 4.57 Å². The summed E-state index contributed by atoms with van der Waals surface area (Å²) >= 11 is 5.96. The fraction of sp³-hybridized carbons (Fsp3) is 0.375. The minimum atomic E-state index is 0.791. The van der Waals surface area contributed by atoms with Crippen LogP contribution in [0.4, 0.5) is 0 Å². The summed E-state index contributed by atoms with van der Waals surface area (Å²) in [4.78, 5) is 0. The zero-order valence-electron chi connectivity index (χ0n) is 11.3. The van der Waals surface area contributed by atoms with Crippen LogP contribution in [-0.2, 0) is 13.0 Å². The van der Waals surface area contributed by atoms with E-state index in [2.05, 4.69) is 43.5 Å². The van der Waals surface area contributed by atoms with Crippen LogP contribution in [0.5, 0.6) is 0 Å². The Morgan fingerprint density at radius 2 is 1.78 bits per heavy atom. The largest absolute Gasteiger partial charge is 0.345 e. The molecular formula is C16H20ClN. The van der Waals surface area contributed by atoms with Gasteiger partial charge in [-0.15, -0.1) is 0 Å². The van der Waals surface area contributed by atoms with Crippen LogP contribution in [0.1, 0.15) is 31.5 Å². The summed E-state index contributed by atoms with van der Waals surface area (Å²) in [7, 11) is 0. The molecule has 2 heteroatoms. The average molecular weight is 262 g/mol. The standard InChI is InChI=1S/C16H20ClN/c1-4-6-15-11-12(3)16(18(15)5-2)13-7-9-14(17)10-8-13/h7-11H,4-6H2,1-3H3. The molecule has 2 aromatic rings. The van der Waals surface area contributed by atoms with Gasteiger partial charge in [-0.2, -0.15) is 0 Å². The minimum Gasteiger partial charge on any atom is -0.345 e. The van der Waals surface area contributed by atoms with Crippen LogP contribution in [0.25, 0.3) is 11.3 Å². The smallest absolute Gasteiger partial charge is 0.0512 e. The van der Waals surface area contributed by atoms with Gasteiger partial charge in [0.1, 0.15) is 0 Å². The van der Waals surface area contributed by atoms with E-state index >= 15 is 0 Å². The van der Waals surface area contributed by atoms with Crippen molar-refractivity contribution in [2.45, 2.75) is 40.2 Å². The third-order valence-corrected chi connectivity index (χ3v) is 3.57. The first-order chi connectivity index (χ1) is 8.67. The predicted octanol–water partition coefficient (Wildman–Crippen LogP) is 5.09. The normalized spacial score (nSPS) is 10.9. The Hall–Kier alpha value is -1.21. The Kier molecular flexibility index (Phi) is 4.13. The van der Waals surface area contributed by atoms with Gasteiger partial charge in [0.05, 0.1) is 5.69 Å². The van der Waals surface area contributed by atoms with Crippen LogP contribution in [0.2, 0.25) is 5.02 Å². The molecule has 0 saturated heterocycles. The molecule has 96 valence electrons. The van der Waals surface area contributed by atoms with Crippen molar-refractivity contribution in [3.63, 3.8) is 0 Å². The van der Waals surface area contributed by atoms with E-state index in [9.17, 15) is 0 Å². The van der Waals surface area contributed by atoms with Crippen LogP contribution in [0.15, 0.2) is 30.3 Å². The highest BCUT2D eigenvalue weighted by Crippen LogP contribution is 2.28. The third kappa shape index (κ3) is 2.46. The lowest BCUT2D eigenvalue weighted by molar-refractivity contribution is 0.707. The van der Waals surface area contributed by atoms with Crippen LogP contribution in [0, 0.1) is 6.92 Å². The molecule has 0 spiro atoms. The second kappa shape index (κ2) is 5.62. The molecule has 0 aliphatic heterocycles. The van der Waals surface area contributed by atoms with Gasteiger partial charge in [0.15, 0.2) is 0 Å². The van der Waals surface area contributed by atoms with Gasteiger partial charge >= 0.3 is 0 Å². The summed E-state index contributed by atoms with van der Waals surface area (Å²) in [5.74, 6) is 0. The summed E-state index contributed by atoms with van der Waals surface area (Å²) in [6.07, 6.45) is 2.33. The molecule has 0 aliphatic carbocycles. The Balaban J connectivity index is 2.52. The van der Waals surface area contributed by atoms with Crippen molar-refractivity contribution in [2.24, 2.45) is 0 Å². The maximum absolute atomic E-state index is 5.96. The molecule has 1 nitrogen and oxygen atoms in total. The number of halogens is 1. The van der Waals surface area contributed by atoms with E-state index in [1.807, 2.05) is 12.1 Å². The molecule has 0 atom stereocenters. The summed E-state index contributed by atoms with van der Waals surface area (Å²) in [5.41, 5.74) is 5.36. The summed E-state index contributed by atoms with van der Waals surface area (Å²) in [6, 6.07) is 10.4. The first kappa shape index (κ1) is 13.2. The topological polar surface area (TPSA) is 4.93 Å². The molecule has 1 aromatic heterocycles. The van der Waals surface area contributed by atoms with E-state index in [1.54, 1.807) is 0 Å². The number of aryl methyl sites for hydroxylation is 2. The first-order valence-electron chi connectivity index (χ1n) is 6.62. The van der Waals surface area contributed by atoms with Crippen molar-refractivity contribution in [1.29, 1.82) is 0 Å². The molecule has 0 bridgehead atoms. The van der Waals surface area contributed by atoms with Gasteiger partial charge in [0, 0.05) is 17.3 Å². The summed E-state index contributed by atoms with van der Waals surface area (Å²) in [6.45, 7) is 7.64. The lowest BCUT2D eigenvalue weighted by Crippen LogP contribution is -2.02. The number of benzene rings is 1. The fourth-order valence-electron chi connectivity index (χ4n) is 2.57. The maximum atomic E-state index is 5.96. The third-order valence-electron chi connectivity index (χ3n) is 3.31. The van der Waals surface area contributed by atoms with Crippen molar-refractivity contribution in [1.82, 2.24) is 4.57 Å². The molecule has 0 unspecified atom stereocenters. The molecular weight excluding hydrogens is 242 g/mol. The second-order valence-electron chi connectivity index (χ2n) is 4.67. The lowest BCUT2D eigenvalue weighted by Gasteiger charge is -2.12. The van der Waals surface area contributed by atoms with Crippen LogP contribution < -0.4 is 0 Å². The number of rotatable bonds is 4. The maximum Gasteiger partial charge on any atom is 0.0512 e. The molecule has 0 aliphatic rings. The van der Waals surface area contributed by atoms with Gasteiger partial charge < -0.3 is 4.57 Å². The van der Waals surface area contributed by atoms with Crippen molar-refractivity contribution in [2.75, 3.05) is 0 Å². The Morgan fingerprint density at radius 1 is 1.11 bits per heavy atom. The SMILES string of the molecule is CCCc1cc(C)c(-c2ccc(Cl)cc2)n1CC. The van der Waals surface area contributed by atoms with Gasteiger partial charge in [0.25, 0.3) is 0 Å². The highest BCUT2D eigenvalue weighted by molar-refractivity contribution is 6.30. The molecule has 1 heterocycles. The Bertz CT molecular complexity index is 523. The summed E-state index contributed by atoms with van der Waals surface area (Å²) in [5, 5.41) is 0.791. The number of nitrogens with zero attached hydrogens (tertiary/aromatic N) is 1. The van der Waals surface area contributed by atoms with Crippen LogP contribution in [0.3, 0.4) is 0 Å². The number of hydrogen-bond donors (Lipinski definition) is 0. The molecule has 1 aromatic carbocycles. The highest BCUT2D eigenvalue weighted by atomic mass is 35.5. The average Bonchev–Trinajstić information content (AvgIpc) is 2.67. The van der Waals surface area contributed by atoms with Gasteiger partial charge in [-0.1, -0.05) is 37.1 Å².